The molecule has 6 heteroatoms. The van der Waals surface area contributed by atoms with Crippen LogP contribution in [0, 0.1) is 11.3 Å². The first-order valence-corrected chi connectivity index (χ1v) is 22.6. The lowest BCUT2D eigenvalue weighted by molar-refractivity contribution is -0.145. The maximum Gasteiger partial charge on any atom is 0.305 e. The average Bonchev–Trinajstić information content (AvgIpc) is 3.90. The van der Waals surface area contributed by atoms with Crippen molar-refractivity contribution >= 4 is 11.9 Å². The topological polar surface area (TPSA) is 76.1 Å². The molecule has 51 heavy (non-hydrogen) atoms. The lowest BCUT2D eigenvalue weighted by Gasteiger charge is -2.23. The van der Waals surface area contributed by atoms with Crippen molar-refractivity contribution in [1.82, 2.24) is 4.90 Å². The van der Waals surface area contributed by atoms with Gasteiger partial charge in [0, 0.05) is 19.4 Å². The molecule has 0 aromatic carbocycles. The van der Waals surface area contributed by atoms with E-state index in [0.717, 1.165) is 64.6 Å². The molecule has 0 aromatic rings. The fourth-order valence-electron chi connectivity index (χ4n) is 7.68. The molecule has 1 aliphatic rings. The molecule has 0 unspecified atom stereocenters. The summed E-state index contributed by atoms with van der Waals surface area (Å²) in [7, 11) is 0. The predicted octanol–water partition coefficient (Wildman–Crippen LogP) is 12.5. The molecule has 1 saturated carbocycles. The van der Waals surface area contributed by atoms with Gasteiger partial charge in [-0.25, -0.2) is 0 Å². The third kappa shape index (κ3) is 29.9. The van der Waals surface area contributed by atoms with Crippen molar-refractivity contribution in [2.75, 3.05) is 39.5 Å². The number of ether oxygens (including phenoxy) is 2. The number of aliphatic hydroxyl groups is 1. The van der Waals surface area contributed by atoms with E-state index >= 15 is 0 Å². The summed E-state index contributed by atoms with van der Waals surface area (Å²) in [6.45, 7) is 11.0. The van der Waals surface area contributed by atoms with Crippen LogP contribution in [0.2, 0.25) is 0 Å². The molecule has 1 fully saturated rings. The lowest BCUT2D eigenvalue weighted by atomic mass is 9.93. The first kappa shape index (κ1) is 47.9. The van der Waals surface area contributed by atoms with Crippen LogP contribution < -0.4 is 0 Å². The van der Waals surface area contributed by atoms with Gasteiger partial charge >= 0.3 is 11.9 Å². The van der Waals surface area contributed by atoms with Gasteiger partial charge in [-0.05, 0) is 95.1 Å². The summed E-state index contributed by atoms with van der Waals surface area (Å²) in [5.41, 5.74) is 0.453. The number of unbranched alkanes of at least 4 members (excludes halogenated alkanes) is 18. The number of hydrogen-bond donors (Lipinski definition) is 1. The lowest BCUT2D eigenvalue weighted by Crippen LogP contribution is -2.29. The molecule has 0 heterocycles. The summed E-state index contributed by atoms with van der Waals surface area (Å²) in [4.78, 5) is 27.1. The Kier molecular flexibility index (Phi) is 32.5. The van der Waals surface area contributed by atoms with E-state index in [9.17, 15) is 14.7 Å². The Morgan fingerprint density at radius 2 is 1.02 bits per heavy atom. The Morgan fingerprint density at radius 1 is 0.549 bits per heavy atom. The summed E-state index contributed by atoms with van der Waals surface area (Å²) in [6.07, 6.45) is 37.9. The van der Waals surface area contributed by atoms with E-state index in [4.69, 9.17) is 9.47 Å². The van der Waals surface area contributed by atoms with Gasteiger partial charge in [0.05, 0.1) is 19.8 Å². The minimum Gasteiger partial charge on any atom is -0.466 e. The first-order chi connectivity index (χ1) is 25.0. The molecule has 1 rings (SSSR count). The first-order valence-electron chi connectivity index (χ1n) is 22.6. The number of carbonyl (C=O) groups is 2. The largest absolute Gasteiger partial charge is 0.466 e. The van der Waals surface area contributed by atoms with Crippen LogP contribution in [0.25, 0.3) is 0 Å². The summed E-state index contributed by atoms with van der Waals surface area (Å²) in [5.74, 6) is 0.522. The molecule has 0 aliphatic heterocycles. The molecule has 6 nitrogen and oxygen atoms in total. The highest BCUT2D eigenvalue weighted by molar-refractivity contribution is 5.69. The normalized spacial score (nSPS) is 13.7. The molecule has 0 bridgehead atoms. The van der Waals surface area contributed by atoms with Gasteiger partial charge in [0.2, 0.25) is 0 Å². The smallest absolute Gasteiger partial charge is 0.305 e. The Balaban J connectivity index is 2.12. The molecule has 302 valence electrons. The van der Waals surface area contributed by atoms with Gasteiger partial charge in [0.15, 0.2) is 0 Å². The van der Waals surface area contributed by atoms with Crippen molar-refractivity contribution in [2.24, 2.45) is 11.3 Å². The maximum absolute atomic E-state index is 12.5. The maximum atomic E-state index is 12.5. The van der Waals surface area contributed by atoms with Gasteiger partial charge in [-0.15, -0.1) is 0 Å². The monoisotopic (exact) mass is 722 g/mol. The zero-order chi connectivity index (χ0) is 37.1. The Hall–Kier alpha value is -1.14. The SMILES string of the molecule is CCCCCCCCCOC(=O)CCCC1(CCCN(CCO)CCCCCCCC(=O)OCC(CCCCCCC)CCCCCCC)CC1. The van der Waals surface area contributed by atoms with E-state index in [1.807, 2.05) is 0 Å². The number of rotatable bonds is 40. The molecule has 0 aromatic heterocycles. The van der Waals surface area contributed by atoms with Crippen molar-refractivity contribution in [3.8, 4) is 0 Å². The summed E-state index contributed by atoms with van der Waals surface area (Å²) < 4.78 is 11.3. The Labute approximate surface area is 317 Å². The third-order valence-corrected chi connectivity index (χ3v) is 11.4. The molecule has 0 saturated heterocycles. The van der Waals surface area contributed by atoms with Crippen LogP contribution in [0.4, 0.5) is 0 Å². The molecule has 1 N–H and O–H groups in total. The Bertz CT molecular complexity index is 771. The molecule has 0 amide bonds. The van der Waals surface area contributed by atoms with E-state index in [1.54, 1.807) is 0 Å². The summed E-state index contributed by atoms with van der Waals surface area (Å²) in [5, 5.41) is 9.63. The van der Waals surface area contributed by atoms with E-state index in [1.165, 1.54) is 148 Å². The number of carbonyl (C=O) groups excluding carboxylic acids is 2. The van der Waals surface area contributed by atoms with Crippen LogP contribution in [0.5, 0.6) is 0 Å². The van der Waals surface area contributed by atoms with Crippen molar-refractivity contribution in [3.63, 3.8) is 0 Å². The quantitative estimate of drug-likeness (QED) is 0.0501. The van der Waals surface area contributed by atoms with Crippen LogP contribution in [0.3, 0.4) is 0 Å². The zero-order valence-electron chi connectivity index (χ0n) is 34.5. The molecule has 0 spiro atoms. The van der Waals surface area contributed by atoms with Gasteiger partial charge in [-0.2, -0.15) is 0 Å². The number of esters is 2. The predicted molar refractivity (Wildman–Crippen MR) is 216 cm³/mol. The van der Waals surface area contributed by atoms with Gasteiger partial charge < -0.3 is 19.5 Å². The second-order valence-corrected chi connectivity index (χ2v) is 16.3. The summed E-state index contributed by atoms with van der Waals surface area (Å²) >= 11 is 0. The highest BCUT2D eigenvalue weighted by Crippen LogP contribution is 2.53. The minimum atomic E-state index is -0.0124. The van der Waals surface area contributed by atoms with E-state index in [-0.39, 0.29) is 18.5 Å². The van der Waals surface area contributed by atoms with Crippen LogP contribution in [-0.2, 0) is 19.1 Å². The van der Waals surface area contributed by atoms with Crippen LogP contribution in [0.15, 0.2) is 0 Å². The van der Waals surface area contributed by atoms with E-state index < -0.39 is 0 Å². The van der Waals surface area contributed by atoms with Crippen molar-refractivity contribution in [3.05, 3.63) is 0 Å². The Morgan fingerprint density at radius 3 is 1.61 bits per heavy atom. The fraction of sp³-hybridized carbons (Fsp3) is 0.956. The van der Waals surface area contributed by atoms with Crippen LogP contribution in [0.1, 0.15) is 226 Å². The molecular formula is C45H87NO5. The van der Waals surface area contributed by atoms with Gasteiger partial charge in [-0.1, -0.05) is 143 Å². The highest BCUT2D eigenvalue weighted by atomic mass is 16.5. The average molecular weight is 722 g/mol. The number of nitrogens with zero attached hydrogens (tertiary/aromatic N) is 1. The summed E-state index contributed by atoms with van der Waals surface area (Å²) in [6, 6.07) is 0. The zero-order valence-corrected chi connectivity index (χ0v) is 34.5. The van der Waals surface area contributed by atoms with Crippen LogP contribution in [-0.4, -0.2) is 61.4 Å². The van der Waals surface area contributed by atoms with E-state index in [2.05, 4.69) is 25.7 Å². The van der Waals surface area contributed by atoms with Crippen molar-refractivity contribution < 1.29 is 24.2 Å². The second kappa shape index (κ2) is 34.6. The van der Waals surface area contributed by atoms with Gasteiger partial charge in [0.1, 0.15) is 0 Å². The van der Waals surface area contributed by atoms with Gasteiger partial charge in [0.25, 0.3) is 0 Å². The van der Waals surface area contributed by atoms with Crippen LogP contribution >= 0.6 is 0 Å². The van der Waals surface area contributed by atoms with Crippen molar-refractivity contribution in [2.45, 2.75) is 226 Å². The number of aliphatic hydroxyl groups excluding tert-OH is 1. The molecule has 0 radical (unpaired) electrons. The highest BCUT2D eigenvalue weighted by Gasteiger charge is 2.41. The van der Waals surface area contributed by atoms with E-state index in [0.29, 0.717) is 37.4 Å². The molecular weight excluding hydrogens is 634 g/mol. The molecule has 0 atom stereocenters. The van der Waals surface area contributed by atoms with Gasteiger partial charge in [-0.3, -0.25) is 9.59 Å². The van der Waals surface area contributed by atoms with Crippen molar-refractivity contribution in [1.29, 1.82) is 0 Å². The standard InChI is InChI=1S/C45H87NO5/c1-4-7-10-13-14-20-25-40-50-43(48)31-26-32-45(34-35-45)33-27-37-46(38-39-47)36-24-19-15-18-23-30-44(49)51-41-42(28-21-16-11-8-5-2)29-22-17-12-9-6-3/h42,47H,4-41H2,1-3H3. The fourth-order valence-corrected chi connectivity index (χ4v) is 7.68. The number of hydrogen-bond acceptors (Lipinski definition) is 6. The third-order valence-electron chi connectivity index (χ3n) is 11.4. The second-order valence-electron chi connectivity index (χ2n) is 16.3. The molecule has 1 aliphatic carbocycles. The minimum absolute atomic E-state index is 0.00161.